The molecule has 0 atom stereocenters. The highest BCUT2D eigenvalue weighted by atomic mass is 32.1. The van der Waals surface area contributed by atoms with Crippen LogP contribution in [-0.2, 0) is 22.7 Å². The molecular weight excluding hydrogens is 348 g/mol. The molecule has 26 heavy (non-hydrogen) atoms. The zero-order chi connectivity index (χ0) is 19.1. The van der Waals surface area contributed by atoms with E-state index in [1.807, 2.05) is 55.4 Å². The summed E-state index contributed by atoms with van der Waals surface area (Å²) >= 11 is 1.59. The minimum atomic E-state index is -0.0376. The molecule has 1 heterocycles. The molecule has 0 aliphatic rings. The lowest BCUT2D eigenvalue weighted by Gasteiger charge is -2.16. The van der Waals surface area contributed by atoms with Gasteiger partial charge in [-0.1, -0.05) is 24.3 Å². The van der Waals surface area contributed by atoms with Crippen LogP contribution in [0.2, 0.25) is 0 Å². The first-order chi connectivity index (χ1) is 12.3. The number of hydrogen-bond acceptors (Lipinski definition) is 5. The van der Waals surface area contributed by atoms with Crippen LogP contribution in [0.3, 0.4) is 0 Å². The quantitative estimate of drug-likeness (QED) is 0.744. The molecule has 0 bridgehead atoms. The molecule has 0 saturated heterocycles. The van der Waals surface area contributed by atoms with Crippen molar-refractivity contribution in [2.45, 2.75) is 39.9 Å². The van der Waals surface area contributed by atoms with Crippen LogP contribution in [0.4, 0.5) is 0 Å². The fourth-order valence-electron chi connectivity index (χ4n) is 2.44. The molecule has 0 aliphatic carbocycles. The Bertz CT molecular complexity index is 740. The molecule has 6 nitrogen and oxygen atoms in total. The van der Waals surface area contributed by atoms with Gasteiger partial charge >= 0.3 is 0 Å². The zero-order valence-corrected chi connectivity index (χ0v) is 16.5. The maximum absolute atomic E-state index is 11.8. The minimum absolute atomic E-state index is 0.0223. The van der Waals surface area contributed by atoms with Gasteiger partial charge in [0.05, 0.1) is 18.8 Å². The van der Waals surface area contributed by atoms with Crippen LogP contribution in [0.25, 0.3) is 11.3 Å². The molecule has 2 rings (SSSR count). The number of hydrogen-bond donors (Lipinski definition) is 2. The topological polar surface area (TPSA) is 74.3 Å². The lowest BCUT2D eigenvalue weighted by atomic mass is 10.1. The van der Waals surface area contributed by atoms with Crippen LogP contribution in [0.5, 0.6) is 0 Å². The smallest absolute Gasteiger partial charge is 0.234 e. The van der Waals surface area contributed by atoms with Crippen LogP contribution >= 0.6 is 11.3 Å². The van der Waals surface area contributed by atoms with E-state index in [1.54, 1.807) is 11.3 Å². The summed E-state index contributed by atoms with van der Waals surface area (Å²) in [6.07, 6.45) is 0. The van der Waals surface area contributed by atoms with E-state index in [0.717, 1.165) is 21.8 Å². The highest BCUT2D eigenvalue weighted by Crippen LogP contribution is 2.23. The predicted octanol–water partition coefficient (Wildman–Crippen LogP) is 2.40. The molecule has 2 amide bonds. The van der Waals surface area contributed by atoms with E-state index in [4.69, 9.17) is 0 Å². The van der Waals surface area contributed by atoms with E-state index in [-0.39, 0.29) is 17.9 Å². The van der Waals surface area contributed by atoms with Gasteiger partial charge in [-0.25, -0.2) is 4.98 Å². The summed E-state index contributed by atoms with van der Waals surface area (Å²) in [6, 6.07) is 8.15. The summed E-state index contributed by atoms with van der Waals surface area (Å²) in [5.74, 6) is -0.0153. The summed E-state index contributed by atoms with van der Waals surface area (Å²) in [5.41, 5.74) is 3.02. The number of likely N-dealkylation sites (N-methyl/N-ethyl adjacent to an activating group) is 1. The monoisotopic (exact) mass is 374 g/mol. The highest BCUT2D eigenvalue weighted by Gasteiger charge is 2.11. The Hall–Kier alpha value is -2.25. The van der Waals surface area contributed by atoms with Crippen molar-refractivity contribution < 1.29 is 9.59 Å². The van der Waals surface area contributed by atoms with E-state index in [1.165, 1.54) is 6.92 Å². The first-order valence-electron chi connectivity index (χ1n) is 8.59. The van der Waals surface area contributed by atoms with Crippen LogP contribution in [0.1, 0.15) is 31.3 Å². The van der Waals surface area contributed by atoms with Gasteiger partial charge in [0, 0.05) is 30.5 Å². The van der Waals surface area contributed by atoms with Crippen molar-refractivity contribution in [3.8, 4) is 11.3 Å². The molecule has 2 N–H and O–H groups in total. The molecule has 0 fully saturated rings. The van der Waals surface area contributed by atoms with Gasteiger partial charge in [-0.05, 0) is 26.5 Å². The number of rotatable bonds is 8. The molecule has 0 radical (unpaired) electrons. The summed E-state index contributed by atoms with van der Waals surface area (Å²) < 4.78 is 0. The van der Waals surface area contributed by atoms with Crippen LogP contribution in [-0.4, -0.2) is 41.3 Å². The fourth-order valence-corrected chi connectivity index (χ4v) is 3.32. The second kappa shape index (κ2) is 9.45. The Morgan fingerprint density at radius 2 is 1.92 bits per heavy atom. The molecule has 140 valence electrons. The standard InChI is InChI=1S/C19H26N4O2S/c1-13(2)21-18(25)10-23(4)11-19-22-17(12-26-19)16-7-5-15(6-8-16)9-20-14(3)24/h5-8,12-13H,9-11H2,1-4H3,(H,20,24)(H,21,25). The lowest BCUT2D eigenvalue weighted by molar-refractivity contribution is -0.122. The minimum Gasteiger partial charge on any atom is -0.353 e. The van der Waals surface area contributed by atoms with E-state index < -0.39 is 0 Å². The van der Waals surface area contributed by atoms with E-state index in [0.29, 0.717) is 19.6 Å². The van der Waals surface area contributed by atoms with Crippen molar-refractivity contribution in [2.75, 3.05) is 13.6 Å². The molecule has 1 aromatic carbocycles. The zero-order valence-electron chi connectivity index (χ0n) is 15.7. The van der Waals surface area contributed by atoms with E-state index in [9.17, 15) is 9.59 Å². The first kappa shape index (κ1) is 20.1. The normalized spacial score (nSPS) is 11.0. The third-order valence-corrected chi connectivity index (χ3v) is 4.44. The highest BCUT2D eigenvalue weighted by molar-refractivity contribution is 7.09. The van der Waals surface area contributed by atoms with Gasteiger partial charge in [-0.3, -0.25) is 14.5 Å². The van der Waals surface area contributed by atoms with Gasteiger partial charge in [0.1, 0.15) is 5.01 Å². The van der Waals surface area contributed by atoms with Crippen LogP contribution in [0.15, 0.2) is 29.6 Å². The first-order valence-corrected chi connectivity index (χ1v) is 9.47. The Balaban J connectivity index is 1.92. The number of nitrogens with zero attached hydrogens (tertiary/aromatic N) is 2. The van der Waals surface area contributed by atoms with Crippen molar-refractivity contribution >= 4 is 23.2 Å². The number of aromatic nitrogens is 1. The molecule has 0 unspecified atom stereocenters. The van der Waals surface area contributed by atoms with Gasteiger partial charge in [-0.15, -0.1) is 11.3 Å². The second-order valence-corrected chi connectivity index (χ2v) is 7.57. The molecule has 7 heteroatoms. The predicted molar refractivity (Wildman–Crippen MR) is 105 cm³/mol. The van der Waals surface area contributed by atoms with Crippen molar-refractivity contribution in [1.29, 1.82) is 0 Å². The summed E-state index contributed by atoms with van der Waals surface area (Å²) in [6.45, 7) is 6.93. The Labute approximate surface area is 158 Å². The Morgan fingerprint density at radius 1 is 1.23 bits per heavy atom. The lowest BCUT2D eigenvalue weighted by Crippen LogP contribution is -2.38. The number of benzene rings is 1. The molecule has 1 aromatic heterocycles. The molecule has 0 saturated carbocycles. The maximum atomic E-state index is 11.8. The molecular formula is C19H26N4O2S. The summed E-state index contributed by atoms with van der Waals surface area (Å²) in [5, 5.41) is 8.67. The van der Waals surface area contributed by atoms with E-state index in [2.05, 4.69) is 15.6 Å². The average Bonchev–Trinajstić information content (AvgIpc) is 3.00. The van der Waals surface area contributed by atoms with E-state index >= 15 is 0 Å². The SMILES string of the molecule is CC(=O)NCc1ccc(-c2csc(CN(C)CC(=O)NC(C)C)n2)cc1. The number of thiazole rings is 1. The average molecular weight is 375 g/mol. The van der Waals surface area contributed by atoms with Gasteiger partial charge in [-0.2, -0.15) is 0 Å². The maximum Gasteiger partial charge on any atom is 0.234 e. The molecule has 2 aromatic rings. The van der Waals surface area contributed by atoms with Crippen molar-refractivity contribution in [2.24, 2.45) is 0 Å². The number of nitrogens with one attached hydrogen (secondary N) is 2. The van der Waals surface area contributed by atoms with Gasteiger partial charge in [0.15, 0.2) is 0 Å². The van der Waals surface area contributed by atoms with Gasteiger partial charge < -0.3 is 10.6 Å². The summed E-state index contributed by atoms with van der Waals surface area (Å²) in [7, 11) is 1.91. The van der Waals surface area contributed by atoms with Gasteiger partial charge in [0.2, 0.25) is 11.8 Å². The third-order valence-electron chi connectivity index (χ3n) is 3.61. The number of amides is 2. The molecule has 0 aliphatic heterocycles. The number of carbonyl (C=O) groups excluding carboxylic acids is 2. The van der Waals surface area contributed by atoms with Gasteiger partial charge in [0.25, 0.3) is 0 Å². The third kappa shape index (κ3) is 6.57. The van der Waals surface area contributed by atoms with Crippen molar-refractivity contribution in [3.05, 3.63) is 40.2 Å². The fraction of sp³-hybridized carbons (Fsp3) is 0.421. The molecule has 0 spiro atoms. The van der Waals surface area contributed by atoms with Crippen LogP contribution < -0.4 is 10.6 Å². The summed E-state index contributed by atoms with van der Waals surface area (Å²) in [4.78, 5) is 29.4. The van der Waals surface area contributed by atoms with Crippen molar-refractivity contribution in [1.82, 2.24) is 20.5 Å². The second-order valence-electron chi connectivity index (χ2n) is 6.63. The Morgan fingerprint density at radius 3 is 2.54 bits per heavy atom. The largest absolute Gasteiger partial charge is 0.353 e. The Kier molecular flexibility index (Phi) is 7.29. The number of carbonyl (C=O) groups is 2. The van der Waals surface area contributed by atoms with Crippen molar-refractivity contribution in [3.63, 3.8) is 0 Å². The van der Waals surface area contributed by atoms with Crippen LogP contribution in [0, 0.1) is 0 Å².